The van der Waals surface area contributed by atoms with Crippen LogP contribution in [0.2, 0.25) is 0 Å². The average Bonchev–Trinajstić information content (AvgIpc) is 2.84. The summed E-state index contributed by atoms with van der Waals surface area (Å²) < 4.78 is 6.26. The highest BCUT2D eigenvalue weighted by Crippen LogP contribution is 2.27. The fourth-order valence-corrected chi connectivity index (χ4v) is 2.63. The number of thiophene rings is 1. The van der Waals surface area contributed by atoms with Crippen molar-refractivity contribution in [2.24, 2.45) is 0 Å². The summed E-state index contributed by atoms with van der Waals surface area (Å²) in [5.74, 6) is 0.867. The highest BCUT2D eigenvalue weighted by atomic mass is 79.9. The predicted octanol–water partition coefficient (Wildman–Crippen LogP) is 4.17. The second kappa shape index (κ2) is 6.07. The van der Waals surface area contributed by atoms with Crippen LogP contribution in [0.4, 0.5) is 5.69 Å². The summed E-state index contributed by atoms with van der Waals surface area (Å²) in [7, 11) is 1.68. The van der Waals surface area contributed by atoms with Gasteiger partial charge in [0.25, 0.3) is 0 Å². The monoisotopic (exact) mass is 311 g/mol. The third-order valence-electron chi connectivity index (χ3n) is 2.48. The maximum atomic E-state index is 5.20. The lowest BCUT2D eigenvalue weighted by atomic mass is 10.2. The van der Waals surface area contributed by atoms with Gasteiger partial charge in [0.2, 0.25) is 0 Å². The minimum absolute atomic E-state index is 0.867. The van der Waals surface area contributed by atoms with Crippen LogP contribution in [0.15, 0.2) is 39.5 Å². The molecule has 0 saturated carbocycles. The molecule has 0 saturated heterocycles. The van der Waals surface area contributed by atoms with Gasteiger partial charge in [0.05, 0.1) is 12.8 Å². The summed E-state index contributed by atoms with van der Waals surface area (Å²) >= 11 is 5.26. The van der Waals surface area contributed by atoms with Gasteiger partial charge in [-0.1, -0.05) is 0 Å². The molecule has 0 unspecified atom stereocenters. The van der Waals surface area contributed by atoms with Crippen molar-refractivity contribution in [3.05, 3.63) is 45.1 Å². The number of benzene rings is 1. The lowest BCUT2D eigenvalue weighted by Crippen LogP contribution is -2.04. The number of ether oxygens (including phenoxy) is 1. The van der Waals surface area contributed by atoms with Crippen molar-refractivity contribution in [2.45, 2.75) is 6.42 Å². The Balaban J connectivity index is 1.94. The van der Waals surface area contributed by atoms with E-state index in [-0.39, 0.29) is 0 Å². The first-order valence-electron chi connectivity index (χ1n) is 5.38. The fourth-order valence-electron chi connectivity index (χ4n) is 1.54. The maximum absolute atomic E-state index is 5.20. The lowest BCUT2D eigenvalue weighted by molar-refractivity contribution is 0.415. The van der Waals surface area contributed by atoms with Crippen LogP contribution in [0.3, 0.4) is 0 Å². The van der Waals surface area contributed by atoms with Crippen LogP contribution in [0, 0.1) is 0 Å². The Morgan fingerprint density at radius 3 is 2.94 bits per heavy atom. The van der Waals surface area contributed by atoms with Gasteiger partial charge in [-0.05, 0) is 56.9 Å². The molecule has 0 aliphatic heterocycles. The van der Waals surface area contributed by atoms with Gasteiger partial charge in [-0.2, -0.15) is 11.3 Å². The van der Waals surface area contributed by atoms with E-state index in [9.17, 15) is 0 Å². The third-order valence-corrected chi connectivity index (χ3v) is 3.91. The van der Waals surface area contributed by atoms with Gasteiger partial charge in [-0.25, -0.2) is 0 Å². The topological polar surface area (TPSA) is 21.3 Å². The Labute approximate surface area is 114 Å². The SMILES string of the molecule is COc1ccc(Br)c(NCCc2ccsc2)c1. The van der Waals surface area contributed by atoms with E-state index in [1.807, 2.05) is 18.2 Å². The molecule has 1 aromatic carbocycles. The summed E-state index contributed by atoms with van der Waals surface area (Å²) in [6.07, 6.45) is 1.03. The van der Waals surface area contributed by atoms with E-state index in [1.165, 1.54) is 5.56 Å². The molecular formula is C13H14BrNOS. The number of anilines is 1. The van der Waals surface area contributed by atoms with Gasteiger partial charge in [0, 0.05) is 17.1 Å². The van der Waals surface area contributed by atoms with Crippen LogP contribution in [-0.2, 0) is 6.42 Å². The fraction of sp³-hybridized carbons (Fsp3) is 0.231. The van der Waals surface area contributed by atoms with E-state index in [4.69, 9.17) is 4.74 Å². The number of nitrogens with one attached hydrogen (secondary N) is 1. The zero-order valence-corrected chi connectivity index (χ0v) is 12.0. The van der Waals surface area contributed by atoms with E-state index in [1.54, 1.807) is 18.4 Å². The van der Waals surface area contributed by atoms with Crippen molar-refractivity contribution < 1.29 is 4.74 Å². The Kier molecular flexibility index (Phi) is 4.45. The van der Waals surface area contributed by atoms with Crippen molar-refractivity contribution in [1.29, 1.82) is 0 Å². The number of hydrogen-bond acceptors (Lipinski definition) is 3. The van der Waals surface area contributed by atoms with Crippen LogP contribution in [-0.4, -0.2) is 13.7 Å². The predicted molar refractivity (Wildman–Crippen MR) is 77.2 cm³/mol. The summed E-state index contributed by atoms with van der Waals surface area (Å²) in [6.45, 7) is 0.919. The molecule has 0 atom stereocenters. The van der Waals surface area contributed by atoms with Crippen molar-refractivity contribution in [1.82, 2.24) is 0 Å². The van der Waals surface area contributed by atoms with Crippen molar-refractivity contribution >= 4 is 33.0 Å². The number of rotatable bonds is 5. The molecule has 0 spiro atoms. The van der Waals surface area contributed by atoms with E-state index < -0.39 is 0 Å². The first-order valence-corrected chi connectivity index (χ1v) is 7.11. The number of hydrogen-bond donors (Lipinski definition) is 1. The van der Waals surface area contributed by atoms with Crippen LogP contribution < -0.4 is 10.1 Å². The second-order valence-electron chi connectivity index (χ2n) is 3.65. The summed E-state index contributed by atoms with van der Waals surface area (Å²) in [6, 6.07) is 8.09. The van der Waals surface area contributed by atoms with Crippen LogP contribution in [0.5, 0.6) is 5.75 Å². The molecule has 2 nitrogen and oxygen atoms in total. The molecule has 90 valence electrons. The van der Waals surface area contributed by atoms with Crippen molar-refractivity contribution in [3.63, 3.8) is 0 Å². The molecule has 2 rings (SSSR count). The zero-order chi connectivity index (χ0) is 12.1. The average molecular weight is 312 g/mol. The molecule has 0 aliphatic carbocycles. The van der Waals surface area contributed by atoms with E-state index in [0.717, 1.165) is 28.9 Å². The van der Waals surface area contributed by atoms with E-state index >= 15 is 0 Å². The van der Waals surface area contributed by atoms with Gasteiger partial charge in [0.1, 0.15) is 5.75 Å². The van der Waals surface area contributed by atoms with Crippen molar-refractivity contribution in [3.8, 4) is 5.75 Å². The summed E-state index contributed by atoms with van der Waals surface area (Å²) in [5, 5.41) is 7.69. The van der Waals surface area contributed by atoms with Crippen LogP contribution in [0.25, 0.3) is 0 Å². The van der Waals surface area contributed by atoms with E-state index in [0.29, 0.717) is 0 Å². The largest absolute Gasteiger partial charge is 0.497 e. The smallest absolute Gasteiger partial charge is 0.121 e. The van der Waals surface area contributed by atoms with Crippen molar-refractivity contribution in [2.75, 3.05) is 19.0 Å². The standard InChI is InChI=1S/C13H14BrNOS/c1-16-11-2-3-12(14)13(8-11)15-6-4-10-5-7-17-9-10/h2-3,5,7-9,15H,4,6H2,1H3. The molecule has 1 aromatic heterocycles. The third kappa shape index (κ3) is 3.48. The molecule has 0 bridgehead atoms. The molecule has 2 aromatic rings. The van der Waals surface area contributed by atoms with E-state index in [2.05, 4.69) is 38.1 Å². The van der Waals surface area contributed by atoms with Gasteiger partial charge < -0.3 is 10.1 Å². The van der Waals surface area contributed by atoms with Gasteiger partial charge in [-0.15, -0.1) is 0 Å². The van der Waals surface area contributed by atoms with Gasteiger partial charge in [0.15, 0.2) is 0 Å². The Hall–Kier alpha value is -1.00. The maximum Gasteiger partial charge on any atom is 0.121 e. The molecular weight excluding hydrogens is 298 g/mol. The van der Waals surface area contributed by atoms with Crippen LogP contribution >= 0.6 is 27.3 Å². The first-order chi connectivity index (χ1) is 8.29. The normalized spacial score (nSPS) is 10.2. The molecule has 0 amide bonds. The quantitative estimate of drug-likeness (QED) is 0.894. The molecule has 1 N–H and O–H groups in total. The Morgan fingerprint density at radius 2 is 2.24 bits per heavy atom. The molecule has 0 radical (unpaired) electrons. The summed E-state index contributed by atoms with van der Waals surface area (Å²) in [5.41, 5.74) is 2.45. The minimum atomic E-state index is 0.867. The molecule has 4 heteroatoms. The Bertz CT molecular complexity index is 470. The second-order valence-corrected chi connectivity index (χ2v) is 5.29. The highest BCUT2D eigenvalue weighted by Gasteiger charge is 2.01. The van der Waals surface area contributed by atoms with Crippen LogP contribution in [0.1, 0.15) is 5.56 Å². The molecule has 1 heterocycles. The first kappa shape index (κ1) is 12.5. The van der Waals surface area contributed by atoms with Gasteiger partial charge >= 0.3 is 0 Å². The number of methoxy groups -OCH3 is 1. The zero-order valence-electron chi connectivity index (χ0n) is 9.57. The summed E-state index contributed by atoms with van der Waals surface area (Å²) in [4.78, 5) is 0. The minimum Gasteiger partial charge on any atom is -0.497 e. The highest BCUT2D eigenvalue weighted by molar-refractivity contribution is 9.10. The Morgan fingerprint density at radius 1 is 1.35 bits per heavy atom. The number of halogens is 1. The molecule has 0 fully saturated rings. The van der Waals surface area contributed by atoms with Gasteiger partial charge in [-0.3, -0.25) is 0 Å². The molecule has 17 heavy (non-hydrogen) atoms. The molecule has 0 aliphatic rings. The lowest BCUT2D eigenvalue weighted by Gasteiger charge is -2.09.